The van der Waals surface area contributed by atoms with Gasteiger partial charge in [0.15, 0.2) is 0 Å². The zero-order valence-electron chi connectivity index (χ0n) is 33.5. The summed E-state index contributed by atoms with van der Waals surface area (Å²) in [5.41, 5.74) is 17.7. The zero-order chi connectivity index (χ0) is 39.7. The average molecular weight is 785 g/mol. The van der Waals surface area contributed by atoms with Crippen LogP contribution in [0.5, 0.6) is 0 Å². The van der Waals surface area contributed by atoms with Crippen LogP contribution in [0.25, 0.3) is 64.3 Å². The topological polar surface area (TPSA) is 6.48 Å². The molecule has 0 N–H and O–H groups in total. The van der Waals surface area contributed by atoms with Crippen LogP contribution in [0.4, 0.5) is 28.4 Å². The molecule has 1 aromatic heterocycles. The van der Waals surface area contributed by atoms with Crippen LogP contribution in [0.1, 0.15) is 25.3 Å². The fourth-order valence-corrected chi connectivity index (χ4v) is 11.2. The number of benzene rings is 9. The van der Waals surface area contributed by atoms with Crippen LogP contribution in [-0.4, -0.2) is 6.85 Å². The van der Waals surface area contributed by atoms with Gasteiger partial charge in [0.05, 0.1) is 11.4 Å². The molecule has 4 heteroatoms. The van der Waals surface area contributed by atoms with E-state index in [4.69, 9.17) is 0 Å². The summed E-state index contributed by atoms with van der Waals surface area (Å²) < 4.78 is 2.62. The number of aryl methyl sites for hydroxylation is 1. The van der Waals surface area contributed by atoms with Crippen LogP contribution in [-0.2, 0) is 6.42 Å². The first-order valence-corrected chi connectivity index (χ1v) is 22.1. The predicted molar refractivity (Wildman–Crippen MR) is 260 cm³/mol. The molecule has 0 bridgehead atoms. The number of anilines is 5. The predicted octanol–water partition coefficient (Wildman–Crippen LogP) is 14.6. The highest BCUT2D eigenvalue weighted by atomic mass is 32.1. The molecule has 12 rings (SSSR count). The summed E-state index contributed by atoms with van der Waals surface area (Å²) in [5.74, 6) is 0. The molecule has 0 spiro atoms. The lowest BCUT2D eigenvalue weighted by molar-refractivity contribution is 0.795. The fraction of sp³-hybridized carbons (Fsp3) is 0.0714. The Morgan fingerprint density at radius 3 is 2.03 bits per heavy atom. The van der Waals surface area contributed by atoms with E-state index in [0.29, 0.717) is 0 Å². The Morgan fingerprint density at radius 1 is 0.517 bits per heavy atom. The molecular formula is C56H41BN2S. The molecule has 0 radical (unpaired) electrons. The van der Waals surface area contributed by atoms with Crippen LogP contribution >= 0.6 is 11.3 Å². The molecule has 0 fully saturated rings. The van der Waals surface area contributed by atoms with Gasteiger partial charge in [-0.15, -0.1) is 11.3 Å². The maximum absolute atomic E-state index is 2.66. The first kappa shape index (κ1) is 35.1. The van der Waals surface area contributed by atoms with Crippen molar-refractivity contribution in [2.24, 2.45) is 0 Å². The highest BCUT2D eigenvalue weighted by Crippen LogP contribution is 2.53. The highest BCUT2D eigenvalue weighted by molar-refractivity contribution is 7.26. The van der Waals surface area contributed by atoms with Crippen molar-refractivity contribution in [1.29, 1.82) is 0 Å². The molecule has 0 aliphatic carbocycles. The van der Waals surface area contributed by atoms with E-state index in [0.717, 1.165) is 6.42 Å². The SMILES string of the molecule is CCCCc1ccc(N2c3cc4ccccc4c4c3B(c3ccc5sc6ccccc6c5c32)N(c2ccccc2)c2cc(-c3ccccc3)ccc2-4)c(-c2ccccc2)c1. The first-order valence-electron chi connectivity index (χ1n) is 21.3. The second-order valence-electron chi connectivity index (χ2n) is 16.2. The van der Waals surface area contributed by atoms with E-state index in [1.807, 2.05) is 11.3 Å². The quantitative estimate of drug-likeness (QED) is 0.149. The number of fused-ring (bicyclic) bond motifs is 10. The van der Waals surface area contributed by atoms with Gasteiger partial charge in [-0.25, -0.2) is 0 Å². The van der Waals surface area contributed by atoms with E-state index < -0.39 is 0 Å². The van der Waals surface area contributed by atoms with Gasteiger partial charge in [-0.1, -0.05) is 159 Å². The molecule has 0 atom stereocenters. The Kier molecular flexibility index (Phi) is 8.28. The third-order valence-electron chi connectivity index (χ3n) is 12.8. The zero-order valence-corrected chi connectivity index (χ0v) is 34.3. The molecule has 2 nitrogen and oxygen atoms in total. The van der Waals surface area contributed by atoms with Crippen molar-refractivity contribution in [2.75, 3.05) is 9.71 Å². The lowest BCUT2D eigenvalue weighted by Gasteiger charge is -2.46. The Balaban J connectivity index is 1.25. The number of rotatable bonds is 7. The molecule has 9 aromatic carbocycles. The van der Waals surface area contributed by atoms with Crippen LogP contribution in [0.2, 0.25) is 0 Å². The monoisotopic (exact) mass is 784 g/mol. The van der Waals surface area contributed by atoms with Crippen molar-refractivity contribution in [3.8, 4) is 33.4 Å². The molecule has 0 amide bonds. The Hall–Kier alpha value is -6.88. The summed E-state index contributed by atoms with van der Waals surface area (Å²) in [6.07, 6.45) is 3.40. The number of para-hydroxylation sites is 1. The lowest BCUT2D eigenvalue weighted by Crippen LogP contribution is -2.61. The Morgan fingerprint density at radius 2 is 1.23 bits per heavy atom. The molecule has 2 aliphatic rings. The molecule has 0 saturated heterocycles. The minimum absolute atomic E-state index is 0.0983. The van der Waals surface area contributed by atoms with Gasteiger partial charge in [0.1, 0.15) is 0 Å². The van der Waals surface area contributed by atoms with E-state index in [1.165, 1.54) is 122 Å². The normalized spacial score (nSPS) is 12.8. The average Bonchev–Trinajstić information content (AvgIpc) is 3.70. The molecule has 284 valence electrons. The third kappa shape index (κ3) is 5.41. The number of hydrogen-bond donors (Lipinski definition) is 0. The summed E-state index contributed by atoms with van der Waals surface area (Å²) in [6, 6.07) is 72.8. The molecule has 0 saturated carbocycles. The molecule has 0 unspecified atom stereocenters. The van der Waals surface area contributed by atoms with Gasteiger partial charge in [-0.05, 0) is 111 Å². The minimum atomic E-state index is -0.0983. The smallest absolute Gasteiger partial charge is 0.333 e. The summed E-state index contributed by atoms with van der Waals surface area (Å²) in [6.45, 7) is 2.19. The summed E-state index contributed by atoms with van der Waals surface area (Å²) in [5, 5.41) is 5.15. The van der Waals surface area contributed by atoms with Crippen molar-refractivity contribution in [3.63, 3.8) is 0 Å². The van der Waals surface area contributed by atoms with Crippen LogP contribution in [0.15, 0.2) is 194 Å². The largest absolute Gasteiger partial charge is 0.376 e. The lowest BCUT2D eigenvalue weighted by atomic mass is 9.43. The van der Waals surface area contributed by atoms with Crippen molar-refractivity contribution >= 4 is 88.5 Å². The molecule has 2 aliphatic heterocycles. The minimum Gasteiger partial charge on any atom is -0.376 e. The van der Waals surface area contributed by atoms with Crippen molar-refractivity contribution in [3.05, 3.63) is 200 Å². The molecule has 3 heterocycles. The van der Waals surface area contributed by atoms with Gasteiger partial charge in [0.2, 0.25) is 0 Å². The number of unbranched alkanes of at least 4 members (excludes halogenated alkanes) is 1. The summed E-state index contributed by atoms with van der Waals surface area (Å²) >= 11 is 1.90. The van der Waals surface area contributed by atoms with Crippen LogP contribution < -0.4 is 20.6 Å². The fourth-order valence-electron chi connectivity index (χ4n) is 10.1. The van der Waals surface area contributed by atoms with Crippen molar-refractivity contribution in [1.82, 2.24) is 0 Å². The molecule has 60 heavy (non-hydrogen) atoms. The first-order chi connectivity index (χ1) is 29.7. The van der Waals surface area contributed by atoms with Gasteiger partial charge in [0, 0.05) is 48.4 Å². The van der Waals surface area contributed by atoms with E-state index in [2.05, 4.69) is 211 Å². The van der Waals surface area contributed by atoms with Gasteiger partial charge >= 0.3 is 6.85 Å². The Labute approximate surface area is 355 Å². The number of hydrogen-bond acceptors (Lipinski definition) is 3. The second-order valence-corrected chi connectivity index (χ2v) is 17.3. The van der Waals surface area contributed by atoms with Gasteiger partial charge < -0.3 is 9.71 Å². The van der Waals surface area contributed by atoms with E-state index in [9.17, 15) is 0 Å². The van der Waals surface area contributed by atoms with Crippen LogP contribution in [0, 0.1) is 0 Å². The Bertz CT molecular complexity index is 3270. The number of nitrogens with zero attached hydrogens (tertiary/aromatic N) is 2. The maximum Gasteiger partial charge on any atom is 0.333 e. The standard InChI is InChI=1S/C56H41BN2S/c1-2-3-17-37-28-32-48(46(34-37)39-20-9-5-10-21-39)58-50-36-41-22-13-14-25-43(41)53-44-30-29-40(38-18-7-4-8-19-38)35-49(44)59(42-23-11-6-12-24-42)57(55(50)53)47-31-33-52-54(56(47)58)45-26-15-16-27-51(45)60-52/h4-16,18-36H,2-3,17H2,1H3. The van der Waals surface area contributed by atoms with Gasteiger partial charge in [0.25, 0.3) is 0 Å². The van der Waals surface area contributed by atoms with E-state index in [-0.39, 0.29) is 6.85 Å². The van der Waals surface area contributed by atoms with Crippen molar-refractivity contribution < 1.29 is 0 Å². The highest BCUT2D eigenvalue weighted by Gasteiger charge is 2.47. The molecule has 10 aromatic rings. The van der Waals surface area contributed by atoms with Crippen molar-refractivity contribution in [2.45, 2.75) is 26.2 Å². The third-order valence-corrected chi connectivity index (χ3v) is 13.9. The van der Waals surface area contributed by atoms with Crippen LogP contribution in [0.3, 0.4) is 0 Å². The van der Waals surface area contributed by atoms with Gasteiger partial charge in [-0.3, -0.25) is 0 Å². The summed E-state index contributed by atoms with van der Waals surface area (Å²) in [4.78, 5) is 5.31. The number of thiophene rings is 1. The van der Waals surface area contributed by atoms with E-state index >= 15 is 0 Å². The maximum atomic E-state index is 2.66. The van der Waals surface area contributed by atoms with E-state index in [1.54, 1.807) is 0 Å². The summed E-state index contributed by atoms with van der Waals surface area (Å²) in [7, 11) is 0. The van der Waals surface area contributed by atoms with Gasteiger partial charge in [-0.2, -0.15) is 0 Å². The molecular weight excluding hydrogens is 744 g/mol. The second kappa shape index (κ2) is 14.1.